The lowest BCUT2D eigenvalue weighted by Crippen LogP contribution is -2.35. The van der Waals surface area contributed by atoms with Crippen LogP contribution in [0.5, 0.6) is 5.75 Å². The Bertz CT molecular complexity index is 447. The third-order valence-corrected chi connectivity index (χ3v) is 2.89. The Kier molecular flexibility index (Phi) is 5.63. The van der Waals surface area contributed by atoms with Gasteiger partial charge in [-0.3, -0.25) is 4.79 Å². The van der Waals surface area contributed by atoms with E-state index >= 15 is 0 Å². The van der Waals surface area contributed by atoms with Crippen molar-refractivity contribution in [3.63, 3.8) is 0 Å². The Hall–Kier alpha value is -1.26. The van der Waals surface area contributed by atoms with E-state index in [0.717, 1.165) is 5.56 Å². The number of amides is 1. The smallest absolute Gasteiger partial charge is 0.262 e. The number of likely N-dealkylation sites (N-methyl/N-ethyl adjacent to an activating group) is 1. The lowest BCUT2D eigenvalue weighted by Gasteiger charge is -2.20. The van der Waals surface area contributed by atoms with Gasteiger partial charge in [-0.2, -0.15) is 0 Å². The molecule has 0 radical (unpaired) electrons. The lowest BCUT2D eigenvalue weighted by atomic mass is 10.1. The largest absolute Gasteiger partial charge is 0.481 e. The average Bonchev–Trinajstić information content (AvgIpc) is 2.30. The summed E-state index contributed by atoms with van der Waals surface area (Å²) in [6.07, 6.45) is 0.113. The number of nitrogens with two attached hydrogens (primary N) is 1. The van der Waals surface area contributed by atoms with Crippen molar-refractivity contribution in [3.05, 3.63) is 28.8 Å². The van der Waals surface area contributed by atoms with E-state index < -0.39 is 6.10 Å². The fraction of sp³-hybridized carbons (Fsp3) is 0.500. The highest BCUT2D eigenvalue weighted by atomic mass is 35.5. The highest BCUT2D eigenvalue weighted by Crippen LogP contribution is 2.25. The van der Waals surface area contributed by atoms with Crippen LogP contribution in [0.4, 0.5) is 0 Å². The summed E-state index contributed by atoms with van der Waals surface area (Å²) in [6.45, 7) is 3.64. The van der Waals surface area contributed by atoms with Gasteiger partial charge in [-0.25, -0.2) is 0 Å². The van der Waals surface area contributed by atoms with Gasteiger partial charge in [0.1, 0.15) is 5.75 Å². The highest BCUT2D eigenvalue weighted by Gasteiger charge is 2.18. The molecule has 2 atom stereocenters. The zero-order valence-electron chi connectivity index (χ0n) is 11.8. The van der Waals surface area contributed by atoms with Crippen molar-refractivity contribution in [1.29, 1.82) is 0 Å². The Morgan fingerprint density at radius 3 is 2.58 bits per heavy atom. The predicted molar refractivity (Wildman–Crippen MR) is 77.6 cm³/mol. The molecule has 2 unspecified atom stereocenters. The summed E-state index contributed by atoms with van der Waals surface area (Å²) < 4.78 is 5.72. The van der Waals surface area contributed by atoms with Gasteiger partial charge in [0.15, 0.2) is 6.10 Å². The van der Waals surface area contributed by atoms with Gasteiger partial charge in [-0.05, 0) is 44.0 Å². The van der Waals surface area contributed by atoms with E-state index in [0.29, 0.717) is 17.2 Å². The number of benzene rings is 1. The minimum atomic E-state index is -0.539. The minimum Gasteiger partial charge on any atom is -0.481 e. The summed E-state index contributed by atoms with van der Waals surface area (Å²) in [4.78, 5) is 13.3. The summed E-state index contributed by atoms with van der Waals surface area (Å²) >= 11 is 5.98. The van der Waals surface area contributed by atoms with Crippen molar-refractivity contribution in [3.8, 4) is 5.75 Å². The molecule has 0 heterocycles. The molecular formula is C14H21ClN2O2. The first kappa shape index (κ1) is 15.8. The molecular weight excluding hydrogens is 264 g/mol. The number of halogens is 1. The van der Waals surface area contributed by atoms with Gasteiger partial charge in [0, 0.05) is 25.2 Å². The van der Waals surface area contributed by atoms with Crippen LogP contribution in [0.2, 0.25) is 5.02 Å². The second-order valence-corrected chi connectivity index (χ2v) is 5.36. The molecule has 0 saturated heterocycles. The van der Waals surface area contributed by atoms with Crippen molar-refractivity contribution in [2.75, 3.05) is 14.1 Å². The van der Waals surface area contributed by atoms with Crippen LogP contribution in [-0.4, -0.2) is 37.0 Å². The molecule has 0 aromatic heterocycles. The zero-order valence-corrected chi connectivity index (χ0v) is 12.6. The Balaban J connectivity index is 2.91. The van der Waals surface area contributed by atoms with E-state index in [-0.39, 0.29) is 11.9 Å². The maximum absolute atomic E-state index is 11.8. The van der Waals surface area contributed by atoms with Crippen LogP contribution in [0.3, 0.4) is 0 Å². The van der Waals surface area contributed by atoms with Crippen LogP contribution in [0, 0.1) is 0 Å². The number of hydrogen-bond acceptors (Lipinski definition) is 3. The molecule has 1 amide bonds. The Morgan fingerprint density at radius 2 is 2.05 bits per heavy atom. The number of rotatable bonds is 5. The van der Waals surface area contributed by atoms with E-state index in [4.69, 9.17) is 22.1 Å². The number of ether oxygens (including phenoxy) is 1. The van der Waals surface area contributed by atoms with Gasteiger partial charge in [0.25, 0.3) is 5.91 Å². The predicted octanol–water partition coefficient (Wildman–Crippen LogP) is 2.09. The zero-order chi connectivity index (χ0) is 14.6. The number of hydrogen-bond donors (Lipinski definition) is 1. The van der Waals surface area contributed by atoms with Crippen LogP contribution in [0.25, 0.3) is 0 Å². The van der Waals surface area contributed by atoms with E-state index in [1.165, 1.54) is 4.90 Å². The number of carbonyl (C=O) groups excluding carboxylic acids is 1. The third kappa shape index (κ3) is 4.73. The molecule has 0 saturated carbocycles. The van der Waals surface area contributed by atoms with Gasteiger partial charge in [0.05, 0.1) is 0 Å². The van der Waals surface area contributed by atoms with Crippen molar-refractivity contribution in [1.82, 2.24) is 4.90 Å². The molecule has 5 heteroatoms. The van der Waals surface area contributed by atoms with Crippen LogP contribution < -0.4 is 10.5 Å². The van der Waals surface area contributed by atoms with Crippen LogP contribution in [0.15, 0.2) is 18.2 Å². The Morgan fingerprint density at radius 1 is 1.42 bits per heavy atom. The fourth-order valence-electron chi connectivity index (χ4n) is 1.77. The van der Waals surface area contributed by atoms with E-state index in [2.05, 4.69) is 0 Å². The molecule has 1 aromatic rings. The first-order chi connectivity index (χ1) is 8.81. The van der Waals surface area contributed by atoms with Crippen LogP contribution in [0.1, 0.15) is 19.4 Å². The molecule has 0 spiro atoms. The second-order valence-electron chi connectivity index (χ2n) is 4.93. The maximum Gasteiger partial charge on any atom is 0.262 e. The molecule has 0 bridgehead atoms. The van der Waals surface area contributed by atoms with Crippen molar-refractivity contribution in [2.24, 2.45) is 5.73 Å². The lowest BCUT2D eigenvalue weighted by molar-refractivity contribution is -0.135. The average molecular weight is 285 g/mol. The first-order valence-corrected chi connectivity index (χ1v) is 6.61. The van der Waals surface area contributed by atoms with Gasteiger partial charge in [-0.1, -0.05) is 11.6 Å². The van der Waals surface area contributed by atoms with E-state index in [9.17, 15) is 4.79 Å². The standard InChI is InChI=1S/C14H21ClN2O2/c1-9(16)7-11-8-12(15)5-6-13(11)19-10(2)14(18)17(3)4/h5-6,8-10H,7,16H2,1-4H3. The number of carbonyl (C=O) groups is 1. The molecule has 0 aliphatic heterocycles. The maximum atomic E-state index is 11.8. The van der Waals surface area contributed by atoms with Gasteiger partial charge in [0.2, 0.25) is 0 Å². The topological polar surface area (TPSA) is 55.6 Å². The Labute approximate surface area is 119 Å². The van der Waals surface area contributed by atoms with E-state index in [1.807, 2.05) is 13.0 Å². The molecule has 19 heavy (non-hydrogen) atoms. The summed E-state index contributed by atoms with van der Waals surface area (Å²) in [5, 5.41) is 0.634. The molecule has 0 fully saturated rings. The second kappa shape index (κ2) is 6.78. The fourth-order valence-corrected chi connectivity index (χ4v) is 1.97. The number of nitrogens with zero attached hydrogens (tertiary/aromatic N) is 1. The summed E-state index contributed by atoms with van der Waals surface area (Å²) in [5.41, 5.74) is 6.73. The van der Waals surface area contributed by atoms with Gasteiger partial charge >= 0.3 is 0 Å². The van der Waals surface area contributed by atoms with E-state index in [1.54, 1.807) is 33.2 Å². The van der Waals surface area contributed by atoms with Gasteiger partial charge < -0.3 is 15.4 Å². The highest BCUT2D eigenvalue weighted by molar-refractivity contribution is 6.30. The molecule has 4 nitrogen and oxygen atoms in total. The molecule has 2 N–H and O–H groups in total. The molecule has 1 rings (SSSR count). The monoisotopic (exact) mass is 284 g/mol. The minimum absolute atomic E-state index is 0.000623. The molecule has 0 aliphatic rings. The third-order valence-electron chi connectivity index (χ3n) is 2.66. The van der Waals surface area contributed by atoms with Crippen molar-refractivity contribution in [2.45, 2.75) is 32.4 Å². The molecule has 106 valence electrons. The normalized spacial score (nSPS) is 13.8. The molecule has 0 aliphatic carbocycles. The van der Waals surface area contributed by atoms with Crippen molar-refractivity contribution >= 4 is 17.5 Å². The summed E-state index contributed by atoms with van der Waals surface area (Å²) in [7, 11) is 3.40. The van der Waals surface area contributed by atoms with Crippen LogP contribution in [-0.2, 0) is 11.2 Å². The SMILES string of the molecule is CC(N)Cc1cc(Cl)ccc1OC(C)C(=O)N(C)C. The summed E-state index contributed by atoms with van der Waals surface area (Å²) in [6, 6.07) is 5.35. The van der Waals surface area contributed by atoms with Crippen LogP contribution >= 0.6 is 11.6 Å². The molecule has 1 aromatic carbocycles. The van der Waals surface area contributed by atoms with Gasteiger partial charge in [-0.15, -0.1) is 0 Å². The first-order valence-electron chi connectivity index (χ1n) is 6.23. The van der Waals surface area contributed by atoms with Crippen molar-refractivity contribution < 1.29 is 9.53 Å². The summed E-state index contributed by atoms with van der Waals surface area (Å²) in [5.74, 6) is 0.575. The quantitative estimate of drug-likeness (QED) is 0.901.